The van der Waals surface area contributed by atoms with E-state index in [2.05, 4.69) is 52.8 Å². The van der Waals surface area contributed by atoms with Crippen LogP contribution in [-0.4, -0.2) is 203 Å². The molecule has 11 aliphatic rings. The Kier molecular flexibility index (Phi) is 35.9. The van der Waals surface area contributed by atoms with Crippen molar-refractivity contribution in [2.45, 2.75) is 217 Å². The van der Waals surface area contributed by atoms with E-state index >= 15 is 4.39 Å². The van der Waals surface area contributed by atoms with Gasteiger partial charge in [-0.25, -0.2) is 35.1 Å². The maximum Gasteiger partial charge on any atom is 0.494 e. The number of hydrogen-bond donors (Lipinski definition) is 1. The fraction of sp³-hybridized carbons (Fsp3) is 0.452. The van der Waals surface area contributed by atoms with Gasteiger partial charge >= 0.3 is 21.1 Å². The number of fused-ring (bicyclic) bond motifs is 4. The molecule has 0 saturated carbocycles. The number of aliphatic hydroxyl groups excluding tert-OH is 1. The van der Waals surface area contributed by atoms with Crippen molar-refractivity contribution in [1.29, 1.82) is 0 Å². The van der Waals surface area contributed by atoms with Crippen molar-refractivity contribution in [2.75, 3.05) is 56.0 Å². The summed E-state index contributed by atoms with van der Waals surface area (Å²) in [5.41, 5.74) is -3.15. The molecule has 0 bridgehead atoms. The quantitative estimate of drug-likeness (QED) is 0.0287. The number of alkyl halides is 4. The van der Waals surface area contributed by atoms with Crippen LogP contribution in [0.2, 0.25) is 0 Å². The third kappa shape index (κ3) is 23.4. The Hall–Kier alpha value is -7.18. The largest absolute Gasteiger partial charge is 0.494 e. The summed E-state index contributed by atoms with van der Waals surface area (Å²) in [4.78, 5) is 81.4. The summed E-state index contributed by atoms with van der Waals surface area (Å²) in [7, 11) is -1.71. The number of aldehydes is 1. The number of rotatable bonds is 22. The van der Waals surface area contributed by atoms with Crippen LogP contribution in [0.25, 0.3) is 0 Å². The van der Waals surface area contributed by atoms with E-state index < -0.39 is 121 Å². The van der Waals surface area contributed by atoms with Crippen LogP contribution in [0.5, 0.6) is 0 Å². The van der Waals surface area contributed by atoms with E-state index in [9.17, 15) is 59.8 Å². The Balaban J connectivity index is 0.000000151. The Morgan fingerprint density at radius 3 is 0.958 bits per heavy atom. The molecule has 0 amide bonds. The maximum absolute atomic E-state index is 15.5. The summed E-state index contributed by atoms with van der Waals surface area (Å²) in [6.45, 7) is 23.7. The minimum absolute atomic E-state index is 0. The topological polar surface area (TPSA) is 247 Å². The fourth-order valence-electron chi connectivity index (χ4n) is 18.6. The molecular formula is C104H114B3Br3F8N4O16S4. The molecule has 142 heavy (non-hydrogen) atoms. The fourth-order valence-corrected chi connectivity index (χ4v) is 24.9. The van der Waals surface area contributed by atoms with Gasteiger partial charge in [0, 0.05) is 105 Å². The average Bonchev–Trinajstić information content (AvgIpc) is 1.56. The third-order valence-electron chi connectivity index (χ3n) is 28.5. The number of thioether (sulfide) groups is 4. The molecule has 1 N–H and O–H groups in total. The average molecular weight is 2230 g/mol. The standard InChI is InChI=1S/C27H29BF3NO4S.C21H17BrF3NO2S.C21H19BrFNO3S.C21H17BrFNO3S.C12H24B2O4.2CH4/c1-25(2)26(3,4)36-28(35-25)17-10-11-20(29)18(12-17)27-15-34-23(24(30)31)19(27)14-37-22(32-27)13-21(33)16-8-6-5-7-9-16;22-13-6-7-16(23)14(8-13)21-11-28-19(20(24)25)15(21)10-29-18(26-21)9-17(27)12-4-2-1-3-5-12;2*22-14-6-7-17(23)15(8-14)21-12-27-19(10-25)16(21)11-28-20(24-21)9-18(26)13-4-2-1-3-5-13;1-9(2)10(3,4)16-13(15-9)14-17-11(5,6)12(7,8)18-14;;/h5-12,19,23-24H,13-15H2,1-4H3;1-8,15,19-20H,9-11H2;1-8,16,19,25H,9-12H2;1-8,10,16,19H,9,11-12H2;1-8H3;2*1H4/t19-,23+,27-;15-,19+,21-;2*16-,19-,21-;;;/m1111.../s1. The Morgan fingerprint density at radius 2 is 0.648 bits per heavy atom. The first-order valence-electron chi connectivity index (χ1n) is 45.8. The zero-order chi connectivity index (χ0) is 101. The van der Waals surface area contributed by atoms with Gasteiger partial charge in [0.25, 0.3) is 12.9 Å². The molecule has 0 radical (unpaired) electrons. The normalized spacial score (nSPS) is 27.3. The number of ether oxygens (including phenoxy) is 4. The molecule has 756 valence electrons. The number of halogens is 11. The van der Waals surface area contributed by atoms with Crippen LogP contribution in [0.15, 0.2) is 228 Å². The number of benzene rings is 8. The molecule has 0 unspecified atom stereocenters. The second-order valence-corrected chi connectivity index (χ2v) is 46.0. The molecule has 20 nitrogen and oxygen atoms in total. The number of ketones is 4. The monoisotopic (exact) mass is 2220 g/mol. The second kappa shape index (κ2) is 45.5. The third-order valence-corrected chi connectivity index (χ3v) is 34.3. The second-order valence-electron chi connectivity index (χ2n) is 38.9. The van der Waals surface area contributed by atoms with Crippen molar-refractivity contribution in [1.82, 2.24) is 0 Å². The van der Waals surface area contributed by atoms with E-state index in [0.717, 1.165) is 15.2 Å². The van der Waals surface area contributed by atoms with E-state index in [4.69, 9.17) is 61.9 Å². The molecule has 19 rings (SSSR count). The summed E-state index contributed by atoms with van der Waals surface area (Å²) in [5, 5.41) is 12.0. The van der Waals surface area contributed by atoms with E-state index in [1.165, 1.54) is 71.3 Å². The zero-order valence-corrected chi connectivity index (χ0v) is 86.9. The Labute approximate surface area is 867 Å². The van der Waals surface area contributed by atoms with Gasteiger partial charge in [-0.2, -0.15) is 0 Å². The predicted molar refractivity (Wildman–Crippen MR) is 556 cm³/mol. The van der Waals surface area contributed by atoms with Gasteiger partial charge < -0.3 is 56.8 Å². The lowest BCUT2D eigenvalue weighted by molar-refractivity contribution is -0.116. The van der Waals surface area contributed by atoms with Crippen LogP contribution in [0.4, 0.5) is 35.1 Å². The van der Waals surface area contributed by atoms with Gasteiger partial charge in [-0.05, 0) is 149 Å². The van der Waals surface area contributed by atoms with Crippen LogP contribution in [0.3, 0.4) is 0 Å². The minimum Gasteiger partial charge on any atom is -0.405 e. The lowest BCUT2D eigenvalue weighted by Crippen LogP contribution is -2.44. The van der Waals surface area contributed by atoms with Gasteiger partial charge in [-0.1, -0.05) is 196 Å². The summed E-state index contributed by atoms with van der Waals surface area (Å²) in [6, 6.07) is 54.0. The van der Waals surface area contributed by atoms with Crippen molar-refractivity contribution >= 4 is 171 Å². The first-order chi connectivity index (χ1) is 66.3. The maximum atomic E-state index is 15.5. The molecule has 7 fully saturated rings. The summed E-state index contributed by atoms with van der Waals surface area (Å²) in [5.74, 6) is -2.43. The van der Waals surface area contributed by atoms with E-state index in [0.29, 0.717) is 75.0 Å². The van der Waals surface area contributed by atoms with E-state index in [-0.39, 0.29) is 159 Å². The van der Waals surface area contributed by atoms with Crippen LogP contribution in [0, 0.1) is 46.9 Å². The van der Waals surface area contributed by atoms with E-state index in [1.807, 2.05) is 132 Å². The molecule has 0 aromatic heterocycles. The Morgan fingerprint density at radius 1 is 0.380 bits per heavy atom. The first kappa shape index (κ1) is 112. The van der Waals surface area contributed by atoms with Crippen LogP contribution >= 0.6 is 94.8 Å². The van der Waals surface area contributed by atoms with Crippen LogP contribution in [-0.2, 0) is 73.8 Å². The highest BCUT2D eigenvalue weighted by atomic mass is 79.9. The molecule has 7 saturated heterocycles. The minimum atomic E-state index is -2.75. The number of aliphatic imine (C=N–C) groups is 4. The van der Waals surface area contributed by atoms with Gasteiger partial charge in [0.1, 0.15) is 70.0 Å². The molecule has 0 aliphatic carbocycles. The summed E-state index contributed by atoms with van der Waals surface area (Å²) in [6.07, 6.45) is -8.07. The highest BCUT2D eigenvalue weighted by molar-refractivity contribution is 9.11. The molecule has 8 aromatic carbocycles. The smallest absolute Gasteiger partial charge is 0.405 e. The summed E-state index contributed by atoms with van der Waals surface area (Å²) >= 11 is 15.6. The summed E-state index contributed by atoms with van der Waals surface area (Å²) < 4.78 is 176. The number of Topliss-reactive ketones (excluding diaryl/α,β-unsaturated/α-hetero) is 4. The van der Waals surface area contributed by atoms with Gasteiger partial charge in [0.2, 0.25) is 0 Å². The van der Waals surface area contributed by atoms with Gasteiger partial charge in [0.15, 0.2) is 23.1 Å². The predicted octanol–water partition coefficient (Wildman–Crippen LogP) is 22.6. The molecule has 38 heteroatoms. The lowest BCUT2D eigenvalue weighted by atomic mass is 9.49. The number of carbonyl (C=O) groups excluding carboxylic acids is 5. The van der Waals surface area contributed by atoms with Crippen molar-refractivity contribution in [3.05, 3.63) is 275 Å². The number of aliphatic hydroxyl groups is 1. The van der Waals surface area contributed by atoms with Crippen molar-refractivity contribution in [2.24, 2.45) is 43.6 Å². The number of carbonyl (C=O) groups is 5. The van der Waals surface area contributed by atoms with Crippen molar-refractivity contribution in [3.8, 4) is 0 Å². The first-order valence-corrected chi connectivity index (χ1v) is 52.1. The molecule has 8 aromatic rings. The van der Waals surface area contributed by atoms with Crippen molar-refractivity contribution in [3.63, 3.8) is 0 Å². The van der Waals surface area contributed by atoms with Gasteiger partial charge in [-0.15, -0.1) is 47.0 Å². The highest BCUT2D eigenvalue weighted by Crippen LogP contribution is 2.56. The van der Waals surface area contributed by atoms with Gasteiger partial charge in [-0.3, -0.25) is 39.1 Å². The molecule has 12 atom stereocenters. The van der Waals surface area contributed by atoms with Crippen LogP contribution < -0.4 is 5.46 Å². The van der Waals surface area contributed by atoms with Gasteiger partial charge in [0.05, 0.1) is 119 Å². The molecule has 0 spiro atoms. The SMILES string of the molecule is C.C.CC1(C)OB(B2OC(C)(C)C(C)(C)O2)OC1(C)C.CC1(C)OB(c2ccc(F)c([C@]34CO[C@H](C(F)F)[C@H]3CSC(CC(=O)c3ccccc3)=N4)c2)OC1(C)C.O=C(CC1=N[C@@]2(c3cc(Br)ccc3F)CO[C@H](C(F)F)[C@H]2CS1)c1ccccc1.O=C(CC1=N[C@@]2(c3cc(Br)ccc3F)CO[C@H](CO)[C@H]2CS1)c1ccccc1.O=C[C@H]1OC[C@]2(c3cc(Br)ccc3F)N=C(CC(=O)c3ccccc3)SC[C@H]12. The highest BCUT2D eigenvalue weighted by Gasteiger charge is 2.66. The molecule has 11 aliphatic heterocycles. The zero-order valence-electron chi connectivity index (χ0n) is 78.9. The number of hydrogen-bond acceptors (Lipinski definition) is 24. The van der Waals surface area contributed by atoms with E-state index in [1.54, 1.807) is 121 Å². The van der Waals surface area contributed by atoms with Crippen LogP contribution in [0.1, 0.15) is 187 Å². The van der Waals surface area contributed by atoms with Crippen molar-refractivity contribution < 1.29 is 111 Å². The Bertz CT molecular complexity index is 5960. The number of nitrogens with zero attached hydrogens (tertiary/aromatic N) is 4. The lowest BCUT2D eigenvalue weighted by Gasteiger charge is -2.37. The molecular weight excluding hydrogens is 2110 g/mol. The molecule has 11 heterocycles.